The molecule has 2 amide bonds. The van der Waals surface area contributed by atoms with Gasteiger partial charge in [0.15, 0.2) is 0 Å². The molecule has 1 atom stereocenters. The molecule has 3 heterocycles. The second kappa shape index (κ2) is 8.00. The molecule has 0 fully saturated rings. The van der Waals surface area contributed by atoms with E-state index in [1.54, 1.807) is 18.5 Å². The zero-order valence-electron chi connectivity index (χ0n) is 14.5. The summed E-state index contributed by atoms with van der Waals surface area (Å²) < 4.78 is 7.09. The molecule has 2 aromatic heterocycles. The van der Waals surface area contributed by atoms with E-state index >= 15 is 0 Å². The monoisotopic (exact) mass is 344 g/mol. The lowest BCUT2D eigenvalue weighted by Gasteiger charge is -2.33. The van der Waals surface area contributed by atoms with E-state index in [0.29, 0.717) is 31.8 Å². The van der Waals surface area contributed by atoms with Gasteiger partial charge < -0.3 is 14.6 Å². The van der Waals surface area contributed by atoms with Crippen molar-refractivity contribution in [1.82, 2.24) is 20.0 Å². The molecule has 0 saturated heterocycles. The summed E-state index contributed by atoms with van der Waals surface area (Å²) >= 11 is 0. The number of fused-ring (bicyclic) bond motifs is 1. The number of rotatable bonds is 7. The average Bonchev–Trinajstić information content (AvgIpc) is 3.29. The van der Waals surface area contributed by atoms with E-state index in [0.717, 1.165) is 18.5 Å². The van der Waals surface area contributed by atoms with E-state index in [-0.39, 0.29) is 24.3 Å². The highest BCUT2D eigenvalue weighted by molar-refractivity contribution is 5.78. The Morgan fingerprint density at radius 2 is 2.28 bits per heavy atom. The minimum Gasteiger partial charge on any atom is -0.467 e. The Balaban J connectivity index is 1.61. The van der Waals surface area contributed by atoms with Crippen LogP contribution in [0.25, 0.3) is 0 Å². The fourth-order valence-corrected chi connectivity index (χ4v) is 3.10. The fourth-order valence-electron chi connectivity index (χ4n) is 3.10. The average molecular weight is 344 g/mol. The van der Waals surface area contributed by atoms with E-state index in [9.17, 15) is 9.59 Å². The Morgan fingerprint density at radius 3 is 3.04 bits per heavy atom. The minimum atomic E-state index is -0.138. The Bertz CT molecular complexity index is 708. The number of amides is 2. The number of carbonyl (C=O) groups excluding carboxylic acids is 2. The lowest BCUT2D eigenvalue weighted by atomic mass is 10.1. The molecule has 1 aliphatic rings. The normalized spacial score (nSPS) is 16.5. The molecule has 1 N–H and O–H groups in total. The van der Waals surface area contributed by atoms with Gasteiger partial charge in [-0.15, -0.1) is 0 Å². The molecule has 0 bridgehead atoms. The van der Waals surface area contributed by atoms with Crippen LogP contribution in [0.1, 0.15) is 50.1 Å². The zero-order valence-corrected chi connectivity index (χ0v) is 14.5. The smallest absolute Gasteiger partial charge is 0.222 e. The molecule has 0 radical (unpaired) electrons. The molecule has 0 saturated carbocycles. The molecule has 7 nitrogen and oxygen atoms in total. The summed E-state index contributed by atoms with van der Waals surface area (Å²) in [5.41, 5.74) is 0.972. The summed E-state index contributed by atoms with van der Waals surface area (Å²) in [5, 5.41) is 7.19. The summed E-state index contributed by atoms with van der Waals surface area (Å²) in [6.45, 7) is 3.52. The molecule has 1 aliphatic heterocycles. The van der Waals surface area contributed by atoms with Crippen LogP contribution in [0.5, 0.6) is 0 Å². The maximum atomic E-state index is 12.4. The fraction of sp³-hybridized carbons (Fsp3) is 0.500. The first-order valence-electron chi connectivity index (χ1n) is 8.76. The van der Waals surface area contributed by atoms with Crippen molar-refractivity contribution in [2.24, 2.45) is 0 Å². The first kappa shape index (κ1) is 17.3. The third-order valence-electron chi connectivity index (χ3n) is 4.44. The van der Waals surface area contributed by atoms with E-state index < -0.39 is 0 Å². The Labute approximate surface area is 147 Å². The predicted octanol–water partition coefficient (Wildman–Crippen LogP) is 2.26. The number of furan rings is 1. The molecule has 25 heavy (non-hydrogen) atoms. The van der Waals surface area contributed by atoms with Gasteiger partial charge in [-0.3, -0.25) is 14.3 Å². The molecule has 0 spiro atoms. The van der Waals surface area contributed by atoms with Gasteiger partial charge in [0.25, 0.3) is 0 Å². The van der Waals surface area contributed by atoms with Gasteiger partial charge in [0, 0.05) is 19.2 Å². The highest BCUT2D eigenvalue weighted by Gasteiger charge is 2.29. The number of unbranched alkanes of at least 4 members (excludes halogenated alkanes) is 1. The summed E-state index contributed by atoms with van der Waals surface area (Å²) in [7, 11) is 0. The summed E-state index contributed by atoms with van der Waals surface area (Å²) in [6.07, 6.45) is 6.04. The molecule has 134 valence electrons. The molecule has 0 aliphatic carbocycles. The van der Waals surface area contributed by atoms with Gasteiger partial charge in [-0.25, -0.2) is 0 Å². The van der Waals surface area contributed by atoms with Crippen molar-refractivity contribution in [2.75, 3.05) is 6.54 Å². The second-order valence-electron chi connectivity index (χ2n) is 6.36. The van der Waals surface area contributed by atoms with Crippen LogP contribution in [0.3, 0.4) is 0 Å². The van der Waals surface area contributed by atoms with Gasteiger partial charge in [-0.2, -0.15) is 5.10 Å². The van der Waals surface area contributed by atoms with Crippen molar-refractivity contribution in [3.63, 3.8) is 0 Å². The van der Waals surface area contributed by atoms with Gasteiger partial charge in [-0.05, 0) is 24.6 Å². The van der Waals surface area contributed by atoms with Crippen LogP contribution in [-0.2, 0) is 22.7 Å². The first-order valence-corrected chi connectivity index (χ1v) is 8.76. The van der Waals surface area contributed by atoms with E-state index in [2.05, 4.69) is 17.3 Å². The van der Waals surface area contributed by atoms with Crippen molar-refractivity contribution in [3.8, 4) is 0 Å². The largest absolute Gasteiger partial charge is 0.467 e. The molecule has 2 aromatic rings. The quantitative estimate of drug-likeness (QED) is 0.835. The van der Waals surface area contributed by atoms with Crippen LogP contribution < -0.4 is 5.32 Å². The summed E-state index contributed by atoms with van der Waals surface area (Å²) in [5.74, 6) is 0.786. The third kappa shape index (κ3) is 4.29. The summed E-state index contributed by atoms with van der Waals surface area (Å²) in [4.78, 5) is 26.5. The van der Waals surface area contributed by atoms with Crippen molar-refractivity contribution >= 4 is 11.8 Å². The number of carbonyl (C=O) groups is 2. The third-order valence-corrected chi connectivity index (χ3v) is 4.44. The Hall–Kier alpha value is -2.57. The number of nitrogens with zero attached hydrogens (tertiary/aromatic N) is 3. The second-order valence-corrected chi connectivity index (χ2v) is 6.36. The van der Waals surface area contributed by atoms with Crippen molar-refractivity contribution in [3.05, 3.63) is 42.1 Å². The SMILES string of the molecule is CCCCC(=O)N1Cc2ccnn2[C@H](CC(=O)NCc2ccco2)C1. The van der Waals surface area contributed by atoms with Crippen molar-refractivity contribution in [1.29, 1.82) is 0 Å². The number of nitrogens with one attached hydrogen (secondary N) is 1. The molecular formula is C18H24N4O3. The molecule has 7 heteroatoms. The van der Waals surface area contributed by atoms with Gasteiger partial charge >= 0.3 is 0 Å². The maximum absolute atomic E-state index is 12.4. The number of hydrogen-bond acceptors (Lipinski definition) is 4. The lowest BCUT2D eigenvalue weighted by molar-refractivity contribution is -0.134. The van der Waals surface area contributed by atoms with E-state index in [4.69, 9.17) is 4.42 Å². The van der Waals surface area contributed by atoms with Gasteiger partial charge in [0.1, 0.15) is 5.76 Å². The molecule has 0 unspecified atom stereocenters. The van der Waals surface area contributed by atoms with Crippen LogP contribution >= 0.6 is 0 Å². The first-order chi connectivity index (χ1) is 12.2. The van der Waals surface area contributed by atoms with Crippen molar-refractivity contribution in [2.45, 2.75) is 51.7 Å². The van der Waals surface area contributed by atoms with Gasteiger partial charge in [0.2, 0.25) is 11.8 Å². The van der Waals surface area contributed by atoms with Crippen LogP contribution in [0.2, 0.25) is 0 Å². The van der Waals surface area contributed by atoms with Crippen LogP contribution in [0.4, 0.5) is 0 Å². The van der Waals surface area contributed by atoms with E-state index in [1.807, 2.05) is 21.7 Å². The lowest BCUT2D eigenvalue weighted by Crippen LogP contribution is -2.42. The molecule has 3 rings (SSSR count). The van der Waals surface area contributed by atoms with E-state index in [1.165, 1.54) is 0 Å². The highest BCUT2D eigenvalue weighted by Crippen LogP contribution is 2.23. The van der Waals surface area contributed by atoms with Gasteiger partial charge in [-0.1, -0.05) is 13.3 Å². The zero-order chi connectivity index (χ0) is 17.6. The van der Waals surface area contributed by atoms with Crippen LogP contribution in [0, 0.1) is 0 Å². The molecule has 0 aromatic carbocycles. The Morgan fingerprint density at radius 1 is 1.40 bits per heavy atom. The van der Waals surface area contributed by atoms with Gasteiger partial charge in [0.05, 0.1) is 37.5 Å². The summed E-state index contributed by atoms with van der Waals surface area (Å²) in [6, 6.07) is 5.38. The Kier molecular flexibility index (Phi) is 5.53. The minimum absolute atomic E-state index is 0.0780. The number of aromatic nitrogens is 2. The van der Waals surface area contributed by atoms with Crippen LogP contribution in [-0.4, -0.2) is 33.0 Å². The topological polar surface area (TPSA) is 80.4 Å². The highest BCUT2D eigenvalue weighted by atomic mass is 16.3. The molecular weight excluding hydrogens is 320 g/mol. The number of hydrogen-bond donors (Lipinski definition) is 1. The standard InChI is InChI=1S/C18H24N4O3/c1-2-3-6-18(24)21-12-14-7-8-20-22(14)15(13-21)10-17(23)19-11-16-5-4-9-25-16/h4-5,7-9,15H,2-3,6,10-13H2,1H3,(H,19,23)/t15-/m1/s1. The predicted molar refractivity (Wildman–Crippen MR) is 91.4 cm³/mol. The van der Waals surface area contributed by atoms with Crippen LogP contribution in [0.15, 0.2) is 35.1 Å². The van der Waals surface area contributed by atoms with Crippen molar-refractivity contribution < 1.29 is 14.0 Å². The maximum Gasteiger partial charge on any atom is 0.222 e.